The second-order valence-corrected chi connectivity index (χ2v) is 5.17. The summed E-state index contributed by atoms with van der Waals surface area (Å²) in [7, 11) is 4.14. The third-order valence-electron chi connectivity index (χ3n) is 3.49. The third kappa shape index (κ3) is 3.45. The van der Waals surface area contributed by atoms with E-state index < -0.39 is 0 Å². The van der Waals surface area contributed by atoms with E-state index in [4.69, 9.17) is 5.73 Å². The van der Waals surface area contributed by atoms with Crippen molar-refractivity contribution in [3.05, 3.63) is 29.8 Å². The van der Waals surface area contributed by atoms with Gasteiger partial charge in [0.15, 0.2) is 0 Å². The molecule has 0 bridgehead atoms. The zero-order valence-corrected chi connectivity index (χ0v) is 10.9. The highest BCUT2D eigenvalue weighted by atomic mass is 15.1. The van der Waals surface area contributed by atoms with Gasteiger partial charge in [-0.05, 0) is 43.6 Å². The molecule has 1 aromatic rings. The van der Waals surface area contributed by atoms with Crippen LogP contribution in [0.3, 0.4) is 0 Å². The average molecular weight is 233 g/mol. The van der Waals surface area contributed by atoms with Crippen LogP contribution in [0.25, 0.3) is 0 Å². The molecule has 2 rings (SSSR count). The van der Waals surface area contributed by atoms with Crippen LogP contribution in [0.1, 0.15) is 18.4 Å². The molecule has 3 nitrogen and oxygen atoms in total. The molecule has 3 heteroatoms. The molecule has 0 radical (unpaired) electrons. The van der Waals surface area contributed by atoms with Crippen LogP contribution in [-0.4, -0.2) is 38.1 Å². The first-order chi connectivity index (χ1) is 8.15. The molecular weight excluding hydrogens is 210 g/mol. The maximum absolute atomic E-state index is 5.91. The minimum Gasteiger partial charge on any atom is -0.378 e. The Morgan fingerprint density at radius 2 is 1.76 bits per heavy atom. The molecule has 0 aliphatic carbocycles. The number of rotatable bonds is 3. The largest absolute Gasteiger partial charge is 0.378 e. The van der Waals surface area contributed by atoms with E-state index in [1.807, 2.05) is 0 Å². The van der Waals surface area contributed by atoms with Crippen molar-refractivity contribution in [1.29, 1.82) is 0 Å². The van der Waals surface area contributed by atoms with Crippen molar-refractivity contribution in [2.24, 2.45) is 5.73 Å². The Kier molecular flexibility index (Phi) is 4.02. The molecule has 17 heavy (non-hydrogen) atoms. The summed E-state index contributed by atoms with van der Waals surface area (Å²) in [6.07, 6.45) is 2.27. The second kappa shape index (κ2) is 5.52. The van der Waals surface area contributed by atoms with E-state index in [-0.39, 0.29) is 0 Å². The van der Waals surface area contributed by atoms with Gasteiger partial charge < -0.3 is 10.6 Å². The summed E-state index contributed by atoms with van der Waals surface area (Å²) in [5.74, 6) is 0. The summed E-state index contributed by atoms with van der Waals surface area (Å²) in [4.78, 5) is 4.62. The van der Waals surface area contributed by atoms with Gasteiger partial charge in [-0.2, -0.15) is 0 Å². The molecule has 1 aliphatic heterocycles. The number of anilines is 1. The van der Waals surface area contributed by atoms with Crippen molar-refractivity contribution >= 4 is 5.69 Å². The van der Waals surface area contributed by atoms with Crippen LogP contribution < -0.4 is 10.6 Å². The number of hydrogen-bond acceptors (Lipinski definition) is 3. The number of benzene rings is 1. The normalized spacial score (nSPS) is 18.3. The van der Waals surface area contributed by atoms with Crippen LogP contribution in [0.5, 0.6) is 0 Å². The van der Waals surface area contributed by atoms with Gasteiger partial charge in [0.1, 0.15) is 0 Å². The molecule has 1 heterocycles. The van der Waals surface area contributed by atoms with Crippen molar-refractivity contribution in [2.75, 3.05) is 32.1 Å². The van der Waals surface area contributed by atoms with Gasteiger partial charge in [0.25, 0.3) is 0 Å². The number of nitrogens with zero attached hydrogens (tertiary/aromatic N) is 2. The summed E-state index contributed by atoms with van der Waals surface area (Å²) in [5, 5.41) is 0. The van der Waals surface area contributed by atoms with Gasteiger partial charge in [-0.15, -0.1) is 0 Å². The molecule has 0 aromatic heterocycles. The van der Waals surface area contributed by atoms with Crippen molar-refractivity contribution < 1.29 is 0 Å². The fourth-order valence-corrected chi connectivity index (χ4v) is 2.27. The summed E-state index contributed by atoms with van der Waals surface area (Å²) in [6, 6.07) is 9.24. The zero-order valence-electron chi connectivity index (χ0n) is 10.9. The summed E-state index contributed by atoms with van der Waals surface area (Å²) >= 11 is 0. The van der Waals surface area contributed by atoms with Crippen LogP contribution in [0, 0.1) is 0 Å². The lowest BCUT2D eigenvalue weighted by atomic mass is 10.1. The van der Waals surface area contributed by atoms with Gasteiger partial charge in [0, 0.05) is 32.4 Å². The standard InChI is InChI=1S/C14H23N3/c1-16(2)14-5-3-12(4-6-14)11-17-9-7-13(15)8-10-17/h3-6,13H,7-11,15H2,1-2H3. The zero-order chi connectivity index (χ0) is 12.3. The first kappa shape index (κ1) is 12.4. The maximum atomic E-state index is 5.91. The Hall–Kier alpha value is -1.06. The number of likely N-dealkylation sites (tertiary alicyclic amines) is 1. The van der Waals surface area contributed by atoms with E-state index in [0.717, 1.165) is 32.5 Å². The molecule has 0 atom stereocenters. The van der Waals surface area contributed by atoms with Gasteiger partial charge in [0.2, 0.25) is 0 Å². The van der Waals surface area contributed by atoms with Gasteiger partial charge in [-0.25, -0.2) is 0 Å². The van der Waals surface area contributed by atoms with Gasteiger partial charge in [0.05, 0.1) is 0 Å². The van der Waals surface area contributed by atoms with Crippen molar-refractivity contribution in [3.63, 3.8) is 0 Å². The predicted octanol–water partition coefficient (Wildman–Crippen LogP) is 1.68. The van der Waals surface area contributed by atoms with Gasteiger partial charge in [-0.3, -0.25) is 4.90 Å². The molecule has 2 N–H and O–H groups in total. The maximum Gasteiger partial charge on any atom is 0.0361 e. The van der Waals surface area contributed by atoms with Crippen LogP contribution in [0.4, 0.5) is 5.69 Å². The van der Waals surface area contributed by atoms with Gasteiger partial charge in [-0.1, -0.05) is 12.1 Å². The van der Waals surface area contributed by atoms with Crippen LogP contribution in [0.15, 0.2) is 24.3 Å². The Balaban J connectivity index is 1.90. The minimum absolute atomic E-state index is 0.419. The van der Waals surface area contributed by atoms with Crippen LogP contribution >= 0.6 is 0 Å². The van der Waals surface area contributed by atoms with Crippen LogP contribution in [-0.2, 0) is 6.54 Å². The van der Waals surface area contributed by atoms with Crippen molar-refractivity contribution in [3.8, 4) is 0 Å². The van der Waals surface area contributed by atoms with E-state index in [9.17, 15) is 0 Å². The summed E-state index contributed by atoms with van der Waals surface area (Å²) < 4.78 is 0. The number of nitrogens with two attached hydrogens (primary N) is 1. The molecule has 1 aromatic carbocycles. The van der Waals surface area contributed by atoms with E-state index >= 15 is 0 Å². The van der Waals surface area contributed by atoms with E-state index in [0.29, 0.717) is 6.04 Å². The highest BCUT2D eigenvalue weighted by Crippen LogP contribution is 2.16. The van der Waals surface area contributed by atoms with E-state index in [1.54, 1.807) is 0 Å². The molecule has 1 fully saturated rings. The molecule has 0 unspecified atom stereocenters. The quantitative estimate of drug-likeness (QED) is 0.862. The van der Waals surface area contributed by atoms with E-state index in [2.05, 4.69) is 48.2 Å². The second-order valence-electron chi connectivity index (χ2n) is 5.17. The Morgan fingerprint density at radius 3 is 2.29 bits per heavy atom. The topological polar surface area (TPSA) is 32.5 Å². The highest BCUT2D eigenvalue weighted by molar-refractivity contribution is 5.45. The smallest absolute Gasteiger partial charge is 0.0361 e. The molecule has 1 aliphatic rings. The first-order valence-corrected chi connectivity index (χ1v) is 6.39. The number of hydrogen-bond donors (Lipinski definition) is 1. The third-order valence-corrected chi connectivity index (χ3v) is 3.49. The average Bonchev–Trinajstić information content (AvgIpc) is 2.33. The predicted molar refractivity (Wildman–Crippen MR) is 73.3 cm³/mol. The van der Waals surface area contributed by atoms with E-state index in [1.165, 1.54) is 11.3 Å². The SMILES string of the molecule is CN(C)c1ccc(CN2CCC(N)CC2)cc1. The molecule has 1 saturated heterocycles. The molecule has 0 amide bonds. The van der Waals surface area contributed by atoms with Crippen molar-refractivity contribution in [2.45, 2.75) is 25.4 Å². The summed E-state index contributed by atoms with van der Waals surface area (Å²) in [6.45, 7) is 3.33. The summed E-state index contributed by atoms with van der Waals surface area (Å²) in [5.41, 5.74) is 8.56. The minimum atomic E-state index is 0.419. The monoisotopic (exact) mass is 233 g/mol. The highest BCUT2D eigenvalue weighted by Gasteiger charge is 2.15. The van der Waals surface area contributed by atoms with Crippen LogP contribution in [0.2, 0.25) is 0 Å². The fourth-order valence-electron chi connectivity index (χ4n) is 2.27. The fraction of sp³-hybridized carbons (Fsp3) is 0.571. The lowest BCUT2D eigenvalue weighted by molar-refractivity contribution is 0.205. The number of piperidine rings is 1. The molecule has 0 spiro atoms. The Morgan fingerprint density at radius 1 is 1.18 bits per heavy atom. The lowest BCUT2D eigenvalue weighted by Crippen LogP contribution is -2.39. The first-order valence-electron chi connectivity index (χ1n) is 6.39. The Bertz CT molecular complexity index is 337. The van der Waals surface area contributed by atoms with Gasteiger partial charge >= 0.3 is 0 Å². The molecule has 0 saturated carbocycles. The Labute approximate surface area is 104 Å². The molecule has 94 valence electrons. The van der Waals surface area contributed by atoms with Crippen molar-refractivity contribution in [1.82, 2.24) is 4.90 Å². The molecular formula is C14H23N3. The lowest BCUT2D eigenvalue weighted by Gasteiger charge is -2.30.